The molecule has 1 aliphatic rings. The number of carbonyl (C=O) groups is 1. The second kappa shape index (κ2) is 9.37. The molecule has 0 aliphatic carbocycles. The van der Waals surface area contributed by atoms with Crippen LogP contribution < -0.4 is 10.1 Å². The lowest BCUT2D eigenvalue weighted by Crippen LogP contribution is -2.43. The van der Waals surface area contributed by atoms with Crippen LogP contribution >= 0.6 is 0 Å². The molecule has 0 unspecified atom stereocenters. The second-order valence-electron chi connectivity index (χ2n) is 7.94. The average Bonchev–Trinajstić information content (AvgIpc) is 3.14. The Bertz CT molecular complexity index is 801. The van der Waals surface area contributed by atoms with Gasteiger partial charge in [-0.15, -0.1) is 5.10 Å². The van der Waals surface area contributed by atoms with Crippen molar-refractivity contribution in [3.05, 3.63) is 17.7 Å². The first-order chi connectivity index (χ1) is 13.5. The molecule has 2 aromatic rings. The molecule has 1 aromatic heterocycles. The number of likely N-dealkylation sites (N-methyl/N-ethyl adjacent to an activating group) is 1. The van der Waals surface area contributed by atoms with Crippen LogP contribution in [0.15, 0.2) is 12.1 Å². The molecule has 0 radical (unpaired) electrons. The lowest BCUT2D eigenvalue weighted by atomic mass is 10.1. The number of hydrogen-bond acceptors (Lipinski definition) is 5. The first-order valence-electron chi connectivity index (χ1n) is 10.5. The van der Waals surface area contributed by atoms with E-state index in [2.05, 4.69) is 41.3 Å². The van der Waals surface area contributed by atoms with Crippen LogP contribution in [0.1, 0.15) is 69.3 Å². The molecule has 3 rings (SSSR count). The van der Waals surface area contributed by atoms with Crippen LogP contribution in [0.4, 0.5) is 0 Å². The van der Waals surface area contributed by atoms with E-state index in [1.165, 1.54) is 19.3 Å². The number of methoxy groups -OCH3 is 1. The minimum Gasteiger partial charge on any atom is -0.496 e. The van der Waals surface area contributed by atoms with Crippen LogP contribution in [0, 0.1) is 0 Å². The van der Waals surface area contributed by atoms with Crippen LogP contribution in [-0.4, -0.2) is 58.6 Å². The van der Waals surface area contributed by atoms with Gasteiger partial charge in [-0.05, 0) is 45.8 Å². The van der Waals surface area contributed by atoms with Gasteiger partial charge in [0.05, 0.1) is 18.2 Å². The van der Waals surface area contributed by atoms with Gasteiger partial charge in [0.25, 0.3) is 5.91 Å². The van der Waals surface area contributed by atoms with E-state index >= 15 is 0 Å². The predicted molar refractivity (Wildman–Crippen MR) is 111 cm³/mol. The van der Waals surface area contributed by atoms with Crippen molar-refractivity contribution in [2.45, 2.75) is 65.0 Å². The number of rotatable bonds is 5. The Morgan fingerprint density at radius 3 is 2.79 bits per heavy atom. The highest BCUT2D eigenvalue weighted by atomic mass is 16.5. The van der Waals surface area contributed by atoms with Gasteiger partial charge < -0.3 is 15.0 Å². The first-order valence-corrected chi connectivity index (χ1v) is 10.5. The fourth-order valence-corrected chi connectivity index (χ4v) is 3.94. The Hall–Kier alpha value is -2.15. The van der Waals surface area contributed by atoms with Crippen molar-refractivity contribution in [2.75, 3.05) is 26.7 Å². The number of benzene rings is 1. The number of hydrogen-bond donors (Lipinski definition) is 1. The lowest BCUT2D eigenvalue weighted by molar-refractivity contribution is 0.0920. The summed E-state index contributed by atoms with van der Waals surface area (Å²) in [6.45, 7) is 9.31. The van der Waals surface area contributed by atoms with E-state index in [9.17, 15) is 4.79 Å². The van der Waals surface area contributed by atoms with E-state index in [0.717, 1.165) is 38.0 Å². The Balaban J connectivity index is 1.83. The molecule has 0 spiro atoms. The Morgan fingerprint density at radius 2 is 2.07 bits per heavy atom. The molecule has 7 nitrogen and oxygen atoms in total. The number of ether oxygens (including phenoxy) is 1. The normalized spacial score (nSPS) is 19.2. The first kappa shape index (κ1) is 20.6. The van der Waals surface area contributed by atoms with Gasteiger partial charge in [0.2, 0.25) is 0 Å². The maximum Gasteiger partial charge on any atom is 0.255 e. The molecule has 0 saturated carbocycles. The highest BCUT2D eigenvalue weighted by Gasteiger charge is 2.22. The Kier molecular flexibility index (Phi) is 6.88. The third-order valence-electron chi connectivity index (χ3n) is 5.56. The van der Waals surface area contributed by atoms with E-state index in [1.54, 1.807) is 13.2 Å². The summed E-state index contributed by atoms with van der Waals surface area (Å²) in [5.41, 5.74) is 2.11. The van der Waals surface area contributed by atoms with E-state index in [0.29, 0.717) is 16.8 Å². The molecule has 2 heterocycles. The van der Waals surface area contributed by atoms with Crippen molar-refractivity contribution in [1.29, 1.82) is 0 Å². The summed E-state index contributed by atoms with van der Waals surface area (Å²) in [6, 6.07) is 4.00. The zero-order valence-corrected chi connectivity index (χ0v) is 17.6. The number of fused-ring (bicyclic) bond motifs is 1. The van der Waals surface area contributed by atoms with E-state index in [1.807, 2.05) is 10.7 Å². The summed E-state index contributed by atoms with van der Waals surface area (Å²) in [5, 5.41) is 11.7. The number of nitrogens with one attached hydrogen (secondary N) is 1. The standard InChI is InChI=1S/C21H33N5O2/c1-5-25-11-9-7-6-8-10-16(14-25)22-21(27)17-12-18-19(13-20(17)28-4)26(15(2)3)24-23-18/h12-13,15-16H,5-11,14H2,1-4H3,(H,22,27)/t16-/m1/s1. The van der Waals surface area contributed by atoms with Gasteiger partial charge in [0.1, 0.15) is 11.3 Å². The van der Waals surface area contributed by atoms with Crippen molar-refractivity contribution >= 4 is 16.9 Å². The van der Waals surface area contributed by atoms with Crippen molar-refractivity contribution < 1.29 is 9.53 Å². The van der Waals surface area contributed by atoms with Crippen molar-refractivity contribution in [1.82, 2.24) is 25.2 Å². The molecule has 1 aliphatic heterocycles. The van der Waals surface area contributed by atoms with Gasteiger partial charge in [0.15, 0.2) is 0 Å². The number of carbonyl (C=O) groups excluding carboxylic acids is 1. The van der Waals surface area contributed by atoms with Crippen LogP contribution in [0.2, 0.25) is 0 Å². The van der Waals surface area contributed by atoms with Gasteiger partial charge in [-0.1, -0.05) is 31.4 Å². The fourth-order valence-electron chi connectivity index (χ4n) is 3.94. The van der Waals surface area contributed by atoms with E-state index < -0.39 is 0 Å². The number of amides is 1. The lowest BCUT2D eigenvalue weighted by Gasteiger charge is -2.26. The number of nitrogens with zero attached hydrogens (tertiary/aromatic N) is 4. The van der Waals surface area contributed by atoms with Crippen LogP contribution in [-0.2, 0) is 0 Å². The molecule has 1 saturated heterocycles. The van der Waals surface area contributed by atoms with Gasteiger partial charge in [0, 0.05) is 24.7 Å². The van der Waals surface area contributed by atoms with E-state index in [4.69, 9.17) is 4.74 Å². The Labute approximate surface area is 167 Å². The van der Waals surface area contributed by atoms with Crippen LogP contribution in [0.3, 0.4) is 0 Å². The maximum atomic E-state index is 13.1. The maximum absolute atomic E-state index is 13.1. The zero-order valence-electron chi connectivity index (χ0n) is 17.6. The van der Waals surface area contributed by atoms with Crippen LogP contribution in [0.25, 0.3) is 11.0 Å². The molecule has 1 fully saturated rings. The summed E-state index contributed by atoms with van der Waals surface area (Å²) in [5.74, 6) is 0.461. The van der Waals surface area contributed by atoms with Crippen molar-refractivity contribution in [2.24, 2.45) is 0 Å². The molecule has 1 amide bonds. The largest absolute Gasteiger partial charge is 0.496 e. The molecule has 1 atom stereocenters. The van der Waals surface area contributed by atoms with Crippen molar-refractivity contribution in [3.8, 4) is 5.75 Å². The van der Waals surface area contributed by atoms with Gasteiger partial charge in [-0.2, -0.15) is 0 Å². The quantitative estimate of drug-likeness (QED) is 0.851. The van der Waals surface area contributed by atoms with Crippen molar-refractivity contribution in [3.63, 3.8) is 0 Å². The van der Waals surface area contributed by atoms with Gasteiger partial charge in [-0.25, -0.2) is 4.68 Å². The molecule has 154 valence electrons. The van der Waals surface area contributed by atoms with E-state index in [-0.39, 0.29) is 18.0 Å². The smallest absolute Gasteiger partial charge is 0.255 e. The highest BCUT2D eigenvalue weighted by molar-refractivity contribution is 6.00. The summed E-state index contributed by atoms with van der Waals surface area (Å²) >= 11 is 0. The minimum absolute atomic E-state index is 0.0989. The van der Waals surface area contributed by atoms with Gasteiger partial charge >= 0.3 is 0 Å². The molecule has 7 heteroatoms. The molecular formula is C21H33N5O2. The second-order valence-corrected chi connectivity index (χ2v) is 7.94. The SMILES string of the molecule is CCN1CCCCCC[C@@H](NC(=O)c2cc3nnn(C(C)C)c3cc2OC)C1. The summed E-state index contributed by atoms with van der Waals surface area (Å²) in [6.07, 6.45) is 5.91. The average molecular weight is 388 g/mol. The third-order valence-corrected chi connectivity index (χ3v) is 5.56. The molecule has 1 N–H and O–H groups in total. The topological polar surface area (TPSA) is 72.3 Å². The highest BCUT2D eigenvalue weighted by Crippen LogP contribution is 2.26. The molecule has 1 aromatic carbocycles. The third kappa shape index (κ3) is 4.63. The van der Waals surface area contributed by atoms with Gasteiger partial charge in [-0.3, -0.25) is 4.79 Å². The number of aromatic nitrogens is 3. The summed E-state index contributed by atoms with van der Waals surface area (Å²) in [7, 11) is 1.60. The minimum atomic E-state index is -0.0989. The molecule has 28 heavy (non-hydrogen) atoms. The summed E-state index contributed by atoms with van der Waals surface area (Å²) < 4.78 is 7.38. The monoisotopic (exact) mass is 387 g/mol. The fraction of sp³-hybridized carbons (Fsp3) is 0.667. The molecular weight excluding hydrogens is 354 g/mol. The molecule has 0 bridgehead atoms. The summed E-state index contributed by atoms with van der Waals surface area (Å²) in [4.78, 5) is 15.5. The van der Waals surface area contributed by atoms with Crippen LogP contribution in [0.5, 0.6) is 5.75 Å². The Morgan fingerprint density at radius 1 is 1.29 bits per heavy atom. The zero-order chi connectivity index (χ0) is 20.1. The predicted octanol–water partition coefficient (Wildman–Crippen LogP) is 3.41.